The van der Waals surface area contributed by atoms with Crippen LogP contribution in [0.3, 0.4) is 0 Å². The topological polar surface area (TPSA) is 0 Å². The van der Waals surface area contributed by atoms with Crippen molar-refractivity contribution in [3.63, 3.8) is 0 Å². The van der Waals surface area contributed by atoms with E-state index in [2.05, 4.69) is 0 Å². The Labute approximate surface area is 303 Å². The molecule has 0 aromatic heterocycles. The van der Waals surface area contributed by atoms with E-state index < -0.39 is 149 Å². The van der Waals surface area contributed by atoms with E-state index >= 15 is 0 Å². The van der Waals surface area contributed by atoms with Crippen LogP contribution in [0.1, 0.15) is 25.7 Å². The van der Waals surface area contributed by atoms with Crippen LogP contribution in [-0.4, -0.2) is 55.6 Å². The van der Waals surface area contributed by atoms with E-state index in [1.807, 2.05) is 0 Å². The van der Waals surface area contributed by atoms with E-state index in [0.29, 0.717) is 0 Å². The van der Waals surface area contributed by atoms with Crippen molar-refractivity contribution in [2.75, 3.05) is 0 Å². The average molecular weight is 871 g/mol. The van der Waals surface area contributed by atoms with Gasteiger partial charge < -0.3 is 0 Å². The lowest BCUT2D eigenvalue weighted by molar-refractivity contribution is -0.321. The van der Waals surface area contributed by atoms with Crippen molar-refractivity contribution in [1.82, 2.24) is 0 Å². The van der Waals surface area contributed by atoms with Crippen molar-refractivity contribution in [3.8, 4) is 0 Å². The van der Waals surface area contributed by atoms with Crippen molar-refractivity contribution in [3.05, 3.63) is 94.8 Å². The summed E-state index contributed by atoms with van der Waals surface area (Å²) >= 11 is 0. The van der Waals surface area contributed by atoms with Gasteiger partial charge in [0.05, 0.1) is 6.15 Å². The minimum atomic E-state index is -6.66. The summed E-state index contributed by atoms with van der Waals surface area (Å²) in [5.41, 5.74) is -29.5. The van der Waals surface area contributed by atoms with Crippen LogP contribution in [-0.2, 0) is 0 Å². The van der Waals surface area contributed by atoms with Gasteiger partial charge in [-0.2, -0.15) is 105 Å². The van der Waals surface area contributed by atoms with Crippen LogP contribution in [0.2, 0.25) is 0 Å². The first-order valence-electron chi connectivity index (χ1n) is 15.5. The van der Waals surface area contributed by atoms with Gasteiger partial charge in [-0.15, -0.1) is 24.3 Å². The average Bonchev–Trinajstić information content (AvgIpc) is 3.01. The molecule has 25 heteroatoms. The number of allylic oxidation sites excluding steroid dienone is 16. The predicted molar refractivity (Wildman–Crippen MR) is 151 cm³/mol. The molecule has 0 atom stereocenters. The van der Waals surface area contributed by atoms with Gasteiger partial charge in [-0.3, -0.25) is 0 Å². The maximum Gasteiger partial charge on any atom is 0.406 e. The number of hydrogen-bond donors (Lipinski definition) is 0. The molecule has 0 radical (unpaired) electrons. The molecule has 0 amide bonds. The van der Waals surface area contributed by atoms with Gasteiger partial charge in [-0.05, 0) is 25.7 Å². The van der Waals surface area contributed by atoms with Gasteiger partial charge in [-0.25, -0.2) is 21.9 Å². The summed E-state index contributed by atoms with van der Waals surface area (Å²) in [6.07, 6.45) is -74.5. The zero-order valence-electron chi connectivity index (χ0n) is 27.4. The molecule has 0 fully saturated rings. The third kappa shape index (κ3) is 6.72. The first-order valence-corrected chi connectivity index (χ1v) is 15.5. The molecule has 0 saturated carbocycles. The second-order valence-electron chi connectivity index (χ2n) is 13.8. The zero-order valence-corrected chi connectivity index (χ0v) is 27.4. The number of alkyl halides is 24. The Morgan fingerprint density at radius 3 is 0.544 bits per heavy atom. The minimum Gasteiger partial charge on any atom is -0.217 e. The number of rotatable bonds is 4. The SMILES string of the molecule is FC(F)(F)C1(C(F)(F)F)C=CC=C([B-](C2=CC=CC(C(F)(F)F)(C(F)(F)F)C2)(C2=CC=CC(C(F)(F)F)(C(F)(F)F)C2)C2=CC=CC(C(F)(F)F)(C(F)(F)F)C2)C1. The normalized spacial score (nSPS) is 23.2. The van der Waals surface area contributed by atoms with Crippen molar-refractivity contribution >= 4 is 6.15 Å². The highest BCUT2D eigenvalue weighted by atomic mass is 19.4. The Balaban J connectivity index is 2.32. The summed E-state index contributed by atoms with van der Waals surface area (Å²) in [6, 6.07) is 0. The Morgan fingerprint density at radius 2 is 0.421 bits per heavy atom. The molecule has 0 unspecified atom stereocenters. The summed E-state index contributed by atoms with van der Waals surface area (Å²) in [5.74, 6) is 0. The highest BCUT2D eigenvalue weighted by Crippen LogP contribution is 2.67. The zero-order chi connectivity index (χ0) is 44.1. The van der Waals surface area contributed by atoms with Crippen LogP contribution in [0, 0.1) is 21.7 Å². The second-order valence-corrected chi connectivity index (χ2v) is 13.8. The molecule has 4 aliphatic rings. The monoisotopic (exact) mass is 871 g/mol. The van der Waals surface area contributed by atoms with Gasteiger partial charge in [0.1, 0.15) is 0 Å². The van der Waals surface area contributed by atoms with E-state index in [9.17, 15) is 105 Å². The molecule has 0 N–H and O–H groups in total. The third-order valence-electron chi connectivity index (χ3n) is 11.0. The lowest BCUT2D eigenvalue weighted by Gasteiger charge is -2.58. The van der Waals surface area contributed by atoms with Gasteiger partial charge in [-0.1, -0.05) is 48.6 Å². The molecule has 0 aromatic carbocycles. The van der Waals surface area contributed by atoms with Gasteiger partial charge in [0.15, 0.2) is 21.7 Å². The molecule has 320 valence electrons. The van der Waals surface area contributed by atoms with Gasteiger partial charge in [0.2, 0.25) is 0 Å². The summed E-state index contributed by atoms with van der Waals surface area (Å²) < 4.78 is 349. The van der Waals surface area contributed by atoms with Crippen LogP contribution < -0.4 is 0 Å². The van der Waals surface area contributed by atoms with E-state index in [-0.39, 0.29) is 48.6 Å². The smallest absolute Gasteiger partial charge is 0.217 e. The molecule has 0 heterocycles. The van der Waals surface area contributed by atoms with E-state index in [4.69, 9.17) is 0 Å². The molecule has 0 saturated heterocycles. The summed E-state index contributed by atoms with van der Waals surface area (Å²) in [5, 5.41) is 0. The van der Waals surface area contributed by atoms with E-state index in [1.54, 1.807) is 0 Å². The fourth-order valence-corrected chi connectivity index (χ4v) is 7.92. The Bertz CT molecular complexity index is 1500. The molecule has 0 aliphatic heterocycles. The van der Waals surface area contributed by atoms with Crippen molar-refractivity contribution in [1.29, 1.82) is 0 Å². The molecule has 4 aliphatic carbocycles. The van der Waals surface area contributed by atoms with Crippen molar-refractivity contribution in [2.45, 2.75) is 75.1 Å². The van der Waals surface area contributed by atoms with Crippen LogP contribution in [0.4, 0.5) is 105 Å². The Hall–Kier alpha value is -3.70. The van der Waals surface area contributed by atoms with E-state index in [1.165, 1.54) is 0 Å². The lowest BCUT2D eigenvalue weighted by Crippen LogP contribution is -2.60. The van der Waals surface area contributed by atoms with Gasteiger partial charge >= 0.3 is 49.4 Å². The Morgan fingerprint density at radius 1 is 0.281 bits per heavy atom. The summed E-state index contributed by atoms with van der Waals surface area (Å²) in [6.45, 7) is 0. The maximum absolute atomic E-state index is 14.5. The molecule has 57 heavy (non-hydrogen) atoms. The quantitative estimate of drug-likeness (QED) is 0.195. The maximum atomic E-state index is 14.5. The molecular weight excluding hydrogens is 851 g/mol. The first-order chi connectivity index (χ1) is 25.2. The van der Waals surface area contributed by atoms with Crippen LogP contribution in [0.15, 0.2) is 94.8 Å². The van der Waals surface area contributed by atoms with Crippen LogP contribution in [0.25, 0.3) is 0 Å². The Kier molecular flexibility index (Phi) is 10.6. The van der Waals surface area contributed by atoms with Gasteiger partial charge in [0.25, 0.3) is 0 Å². The molecule has 4 rings (SSSR count). The number of halogens is 24. The predicted octanol–water partition coefficient (Wildman–Crippen LogP) is 13.6. The standard InChI is InChI=1S/C32H20BF24/c34-25(35,36)21(26(37,38)39)9-1-5-17(13-21)33(18-6-2-10-22(14-18,27(40,41)42)28(43,44)45,19-7-3-11-23(15-19,29(46,47)48)30(49,50)51)20-8-4-12-24(16-20,31(52,53)54)32(55,56)57/h1-12H,13-16H2/q-1. The largest absolute Gasteiger partial charge is 0.406 e. The van der Waals surface area contributed by atoms with Crippen molar-refractivity contribution < 1.29 is 105 Å². The van der Waals surface area contributed by atoms with E-state index in [0.717, 1.165) is 0 Å². The fraction of sp³-hybridized carbons (Fsp3) is 0.500. The molecule has 0 nitrogen and oxygen atoms in total. The van der Waals surface area contributed by atoms with Gasteiger partial charge in [0, 0.05) is 0 Å². The van der Waals surface area contributed by atoms with Crippen molar-refractivity contribution in [2.24, 2.45) is 21.7 Å². The first kappa shape index (κ1) is 46.0. The molecule has 0 aromatic rings. The molecule has 0 bridgehead atoms. The lowest BCUT2D eigenvalue weighted by atomic mass is 9.08. The summed E-state index contributed by atoms with van der Waals surface area (Å²) in [4.78, 5) is 0. The molecular formula is C32H20BF24-. The number of hydrogen-bond acceptors (Lipinski definition) is 0. The molecule has 0 spiro atoms. The van der Waals surface area contributed by atoms with Crippen LogP contribution >= 0.6 is 0 Å². The fourth-order valence-electron chi connectivity index (χ4n) is 7.92. The second kappa shape index (κ2) is 13.2. The third-order valence-corrected chi connectivity index (χ3v) is 11.0. The summed E-state index contributed by atoms with van der Waals surface area (Å²) in [7, 11) is 0. The minimum absolute atomic E-state index is 0.0538. The highest BCUT2D eigenvalue weighted by Gasteiger charge is 2.75. The highest BCUT2D eigenvalue weighted by molar-refractivity contribution is 7.04. The van der Waals surface area contributed by atoms with Crippen LogP contribution in [0.5, 0.6) is 0 Å².